The quantitative estimate of drug-likeness (QED) is 0.388. The van der Waals surface area contributed by atoms with Crippen LogP contribution < -0.4 is 4.74 Å². The number of ether oxygens (including phenoxy) is 1. The van der Waals surface area contributed by atoms with Crippen LogP contribution in [0.2, 0.25) is 0 Å². The van der Waals surface area contributed by atoms with Crippen molar-refractivity contribution in [2.45, 2.75) is 20.0 Å². The van der Waals surface area contributed by atoms with Gasteiger partial charge in [-0.05, 0) is 65.3 Å². The highest BCUT2D eigenvalue weighted by Gasteiger charge is 2.12. The first-order valence-electron chi connectivity index (χ1n) is 8.72. The molecule has 0 radical (unpaired) electrons. The van der Waals surface area contributed by atoms with Crippen LogP contribution in [0.4, 0.5) is 0 Å². The number of H-pyrrole nitrogens is 1. The Morgan fingerprint density at radius 3 is 2.70 bits per heavy atom. The zero-order chi connectivity index (χ0) is 18.8. The summed E-state index contributed by atoms with van der Waals surface area (Å²) < 4.78 is 9.60. The van der Waals surface area contributed by atoms with Gasteiger partial charge in [-0.15, -0.1) is 0 Å². The average molecular weight is 440 g/mol. The first-order valence-corrected chi connectivity index (χ1v) is 9.92. The molecular weight excluding hydrogens is 422 g/mol. The highest BCUT2D eigenvalue weighted by atomic mass is 79.9. The van der Waals surface area contributed by atoms with Gasteiger partial charge in [-0.1, -0.05) is 53.2 Å². The SMILES string of the molecule is CCc1ccccc1-n1c(COc2ccc3cc(Br)ccc3c2)n[nH]c1=S. The van der Waals surface area contributed by atoms with Crippen molar-refractivity contribution in [3.8, 4) is 11.4 Å². The molecule has 0 aliphatic carbocycles. The van der Waals surface area contributed by atoms with E-state index in [-0.39, 0.29) is 0 Å². The average Bonchev–Trinajstić information content (AvgIpc) is 3.06. The molecular formula is C21H18BrN3OS. The van der Waals surface area contributed by atoms with E-state index >= 15 is 0 Å². The third kappa shape index (κ3) is 3.68. The number of halogens is 1. The van der Waals surface area contributed by atoms with Gasteiger partial charge in [-0.2, -0.15) is 5.10 Å². The lowest BCUT2D eigenvalue weighted by molar-refractivity contribution is 0.293. The van der Waals surface area contributed by atoms with Gasteiger partial charge in [0, 0.05) is 4.47 Å². The van der Waals surface area contributed by atoms with Crippen LogP contribution >= 0.6 is 28.1 Å². The van der Waals surface area contributed by atoms with Crippen molar-refractivity contribution in [2.24, 2.45) is 0 Å². The number of para-hydroxylation sites is 1. The van der Waals surface area contributed by atoms with Crippen molar-refractivity contribution in [3.63, 3.8) is 0 Å². The Bertz CT molecular complexity index is 1170. The number of aromatic nitrogens is 3. The van der Waals surface area contributed by atoms with Crippen LogP contribution in [0.3, 0.4) is 0 Å². The minimum atomic E-state index is 0.327. The van der Waals surface area contributed by atoms with Gasteiger partial charge in [-0.25, -0.2) is 0 Å². The Balaban J connectivity index is 1.63. The molecule has 1 aromatic heterocycles. The second kappa shape index (κ2) is 7.66. The van der Waals surface area contributed by atoms with Crippen molar-refractivity contribution in [1.29, 1.82) is 0 Å². The lowest BCUT2D eigenvalue weighted by Gasteiger charge is -2.12. The fourth-order valence-electron chi connectivity index (χ4n) is 3.14. The number of nitrogens with one attached hydrogen (secondary N) is 1. The van der Waals surface area contributed by atoms with Crippen LogP contribution in [0.15, 0.2) is 65.1 Å². The van der Waals surface area contributed by atoms with E-state index in [9.17, 15) is 0 Å². The molecule has 0 bridgehead atoms. The number of hydrogen-bond acceptors (Lipinski definition) is 3. The summed E-state index contributed by atoms with van der Waals surface area (Å²) >= 11 is 8.95. The molecule has 136 valence electrons. The summed E-state index contributed by atoms with van der Waals surface area (Å²) in [5.41, 5.74) is 2.26. The van der Waals surface area contributed by atoms with Crippen molar-refractivity contribution in [2.75, 3.05) is 0 Å². The predicted octanol–water partition coefficient (Wildman–Crippen LogP) is 5.99. The molecule has 4 aromatic rings. The number of benzene rings is 3. The maximum absolute atomic E-state index is 6.02. The van der Waals surface area contributed by atoms with E-state index < -0.39 is 0 Å². The highest BCUT2D eigenvalue weighted by Crippen LogP contribution is 2.25. The summed E-state index contributed by atoms with van der Waals surface area (Å²) in [4.78, 5) is 0. The van der Waals surface area contributed by atoms with Gasteiger partial charge in [-0.3, -0.25) is 9.67 Å². The summed E-state index contributed by atoms with van der Waals surface area (Å²) in [6, 6.07) is 20.5. The van der Waals surface area contributed by atoms with E-state index in [1.165, 1.54) is 5.56 Å². The maximum Gasteiger partial charge on any atom is 0.199 e. The van der Waals surface area contributed by atoms with Crippen LogP contribution in [-0.4, -0.2) is 14.8 Å². The summed E-state index contributed by atoms with van der Waals surface area (Å²) in [6.45, 7) is 2.46. The Labute approximate surface area is 170 Å². The predicted molar refractivity (Wildman–Crippen MR) is 114 cm³/mol. The molecule has 3 aromatic carbocycles. The largest absolute Gasteiger partial charge is 0.486 e. The van der Waals surface area contributed by atoms with Crippen molar-refractivity contribution < 1.29 is 4.74 Å². The third-order valence-corrected chi connectivity index (χ3v) is 5.26. The first kappa shape index (κ1) is 17.9. The van der Waals surface area contributed by atoms with Gasteiger partial charge in [0.15, 0.2) is 10.6 Å². The van der Waals surface area contributed by atoms with Gasteiger partial charge in [0.2, 0.25) is 0 Å². The molecule has 1 heterocycles. The van der Waals surface area contributed by atoms with Crippen LogP contribution in [0.5, 0.6) is 5.75 Å². The lowest BCUT2D eigenvalue weighted by atomic mass is 10.1. The van der Waals surface area contributed by atoms with E-state index in [2.05, 4.69) is 63.4 Å². The van der Waals surface area contributed by atoms with Crippen molar-refractivity contribution in [3.05, 3.63) is 81.3 Å². The monoisotopic (exact) mass is 439 g/mol. The van der Waals surface area contributed by atoms with E-state index in [0.717, 1.165) is 38.9 Å². The fourth-order valence-corrected chi connectivity index (χ4v) is 3.76. The number of rotatable bonds is 5. The summed E-state index contributed by atoms with van der Waals surface area (Å²) in [5, 5.41) is 9.55. The zero-order valence-corrected chi connectivity index (χ0v) is 17.2. The van der Waals surface area contributed by atoms with Crippen LogP contribution in [0.1, 0.15) is 18.3 Å². The van der Waals surface area contributed by atoms with Crippen molar-refractivity contribution >= 4 is 38.9 Å². The smallest absolute Gasteiger partial charge is 0.199 e. The van der Waals surface area contributed by atoms with Gasteiger partial charge in [0.05, 0.1) is 5.69 Å². The van der Waals surface area contributed by atoms with E-state index in [1.54, 1.807) is 0 Å². The first-order chi connectivity index (χ1) is 13.2. The van der Waals surface area contributed by atoms with Gasteiger partial charge in [0.1, 0.15) is 12.4 Å². The molecule has 4 rings (SSSR count). The third-order valence-electron chi connectivity index (χ3n) is 4.50. The molecule has 1 N–H and O–H groups in total. The molecule has 0 saturated carbocycles. The van der Waals surface area contributed by atoms with E-state index in [1.807, 2.05) is 34.9 Å². The van der Waals surface area contributed by atoms with Crippen molar-refractivity contribution in [1.82, 2.24) is 14.8 Å². The Morgan fingerprint density at radius 2 is 1.85 bits per heavy atom. The van der Waals surface area contributed by atoms with E-state index in [0.29, 0.717) is 11.4 Å². The number of fused-ring (bicyclic) bond motifs is 1. The molecule has 0 saturated heterocycles. The molecule has 4 nitrogen and oxygen atoms in total. The number of nitrogens with zero attached hydrogens (tertiary/aromatic N) is 2. The molecule has 0 atom stereocenters. The highest BCUT2D eigenvalue weighted by molar-refractivity contribution is 9.10. The standard InChI is InChI=1S/C21H18BrN3OS/c1-2-14-5-3-4-6-19(14)25-20(23-24-21(25)27)13-26-18-10-8-15-11-17(22)9-7-16(15)12-18/h3-12H,2,13H2,1H3,(H,24,27). The number of aryl methyl sites for hydroxylation is 1. The summed E-state index contributed by atoms with van der Waals surface area (Å²) in [5.74, 6) is 1.55. The molecule has 27 heavy (non-hydrogen) atoms. The number of hydrogen-bond donors (Lipinski definition) is 1. The lowest BCUT2D eigenvalue weighted by Crippen LogP contribution is -2.07. The molecule has 6 heteroatoms. The molecule has 0 unspecified atom stereocenters. The molecule has 0 fully saturated rings. The van der Waals surface area contributed by atoms with Crippen LogP contribution in [-0.2, 0) is 13.0 Å². The van der Waals surface area contributed by atoms with Crippen LogP contribution in [0.25, 0.3) is 16.5 Å². The fraction of sp³-hybridized carbons (Fsp3) is 0.143. The second-order valence-electron chi connectivity index (χ2n) is 6.20. The van der Waals surface area contributed by atoms with E-state index in [4.69, 9.17) is 17.0 Å². The van der Waals surface area contributed by atoms with Crippen LogP contribution in [0, 0.1) is 4.77 Å². The molecule has 0 amide bonds. The van der Waals surface area contributed by atoms with Gasteiger partial charge >= 0.3 is 0 Å². The molecule has 0 aliphatic heterocycles. The normalized spacial score (nSPS) is 11.0. The minimum absolute atomic E-state index is 0.327. The summed E-state index contributed by atoms with van der Waals surface area (Å²) in [6.07, 6.45) is 0.920. The second-order valence-corrected chi connectivity index (χ2v) is 7.51. The Kier molecular flexibility index (Phi) is 5.09. The van der Waals surface area contributed by atoms with Gasteiger partial charge in [0.25, 0.3) is 0 Å². The molecule has 0 spiro atoms. The zero-order valence-electron chi connectivity index (χ0n) is 14.8. The maximum atomic E-state index is 6.02. The topological polar surface area (TPSA) is 42.8 Å². The summed E-state index contributed by atoms with van der Waals surface area (Å²) in [7, 11) is 0. The molecule has 0 aliphatic rings. The number of aromatic amines is 1. The Hall–Kier alpha value is -2.44. The Morgan fingerprint density at radius 1 is 1.07 bits per heavy atom. The minimum Gasteiger partial charge on any atom is -0.486 e. The van der Waals surface area contributed by atoms with Gasteiger partial charge < -0.3 is 4.74 Å².